The third-order valence-corrected chi connectivity index (χ3v) is 2.58. The van der Waals surface area contributed by atoms with Gasteiger partial charge in [-0.2, -0.15) is 0 Å². The van der Waals surface area contributed by atoms with Gasteiger partial charge in [0.15, 0.2) is 0 Å². The molecule has 1 aromatic rings. The standard InChI is InChI=1S/C11H14BrNO/c1-8(13)2-7-11(14)9-3-5-10(12)6-4-9/h3-6,11,13-14H,2,7H2,1H3/t11-/m0/s1/i12-4. The normalized spacial score (nSPS) is 12.5. The Hall–Kier alpha value is -0.670. The molecule has 0 aliphatic heterocycles. The summed E-state index contributed by atoms with van der Waals surface area (Å²) in [5, 5.41) is 17.0. The topological polar surface area (TPSA) is 44.1 Å². The molecule has 3 heteroatoms. The van der Waals surface area contributed by atoms with Crippen molar-refractivity contribution in [3.63, 3.8) is 0 Å². The van der Waals surface area contributed by atoms with Gasteiger partial charge >= 0.3 is 0 Å². The molecule has 14 heavy (non-hydrogen) atoms. The highest BCUT2D eigenvalue weighted by Crippen LogP contribution is 2.20. The molecule has 0 heterocycles. The monoisotopic (exact) mass is 252 g/mol. The number of rotatable bonds is 4. The molecule has 0 aromatic heterocycles. The van der Waals surface area contributed by atoms with Crippen LogP contribution in [-0.2, 0) is 0 Å². The zero-order valence-corrected chi connectivity index (χ0v) is 9.71. The second-order valence-electron chi connectivity index (χ2n) is 3.39. The van der Waals surface area contributed by atoms with E-state index >= 15 is 0 Å². The van der Waals surface area contributed by atoms with E-state index in [1.54, 1.807) is 6.92 Å². The van der Waals surface area contributed by atoms with E-state index in [2.05, 4.69) is 15.9 Å². The smallest absolute Gasteiger partial charge is 0.0793 e. The van der Waals surface area contributed by atoms with Crippen molar-refractivity contribution >= 4 is 21.6 Å². The first-order valence-corrected chi connectivity index (χ1v) is 5.36. The summed E-state index contributed by atoms with van der Waals surface area (Å²) in [5.41, 5.74) is 1.52. The number of aliphatic hydroxyl groups excluding tert-OH is 1. The van der Waals surface area contributed by atoms with Crippen LogP contribution in [0.4, 0.5) is 0 Å². The zero-order valence-electron chi connectivity index (χ0n) is 8.13. The fourth-order valence-corrected chi connectivity index (χ4v) is 1.47. The van der Waals surface area contributed by atoms with Crippen LogP contribution in [0.1, 0.15) is 31.4 Å². The second-order valence-corrected chi connectivity index (χ2v) is 4.30. The summed E-state index contributed by atoms with van der Waals surface area (Å²) in [5.74, 6) is 0. The lowest BCUT2D eigenvalue weighted by Gasteiger charge is -2.10. The van der Waals surface area contributed by atoms with Crippen molar-refractivity contribution < 1.29 is 5.11 Å². The van der Waals surface area contributed by atoms with Gasteiger partial charge in [-0.3, -0.25) is 0 Å². The molecule has 1 aromatic carbocycles. The summed E-state index contributed by atoms with van der Waals surface area (Å²) in [6.07, 6.45) is 0.817. The maximum atomic E-state index is 9.75. The SMILES string of the molecule is CC(=N)CC[C@H](O)c1ccc([76Br])cc1. The number of nitrogens with one attached hydrogen (secondary N) is 1. The van der Waals surface area contributed by atoms with Crippen molar-refractivity contribution in [3.05, 3.63) is 34.3 Å². The molecule has 1 rings (SSSR count). The molecule has 76 valence electrons. The first-order chi connectivity index (χ1) is 6.59. The summed E-state index contributed by atoms with van der Waals surface area (Å²) in [6, 6.07) is 7.62. The van der Waals surface area contributed by atoms with Crippen LogP contribution >= 0.6 is 15.9 Å². The van der Waals surface area contributed by atoms with Crippen molar-refractivity contribution in [2.24, 2.45) is 0 Å². The van der Waals surface area contributed by atoms with Gasteiger partial charge < -0.3 is 10.5 Å². The molecule has 0 unspecified atom stereocenters. The predicted molar refractivity (Wildman–Crippen MR) is 61.7 cm³/mol. The molecule has 0 aliphatic carbocycles. The number of hydrogen-bond acceptors (Lipinski definition) is 2. The molecular formula is C11H14BrNO. The molecule has 0 fully saturated rings. The molecule has 0 radical (unpaired) electrons. The number of hydrogen-bond donors (Lipinski definition) is 2. The molecule has 0 bridgehead atoms. The van der Waals surface area contributed by atoms with Crippen molar-refractivity contribution in [3.8, 4) is 0 Å². The quantitative estimate of drug-likeness (QED) is 0.793. The Balaban J connectivity index is 2.56. The van der Waals surface area contributed by atoms with Gasteiger partial charge in [-0.15, -0.1) is 0 Å². The molecule has 2 N–H and O–H groups in total. The third-order valence-electron chi connectivity index (χ3n) is 2.05. The van der Waals surface area contributed by atoms with Crippen LogP contribution in [0.3, 0.4) is 0 Å². The van der Waals surface area contributed by atoms with Crippen LogP contribution in [0.15, 0.2) is 28.7 Å². The largest absolute Gasteiger partial charge is 0.388 e. The van der Waals surface area contributed by atoms with Gasteiger partial charge in [0.2, 0.25) is 0 Å². The highest BCUT2D eigenvalue weighted by Gasteiger charge is 2.06. The average molecular weight is 252 g/mol. The van der Waals surface area contributed by atoms with Crippen LogP contribution in [0, 0.1) is 5.41 Å². The van der Waals surface area contributed by atoms with E-state index in [0.717, 1.165) is 10.0 Å². The summed E-state index contributed by atoms with van der Waals surface area (Å²) in [6.45, 7) is 1.76. The molecule has 0 aliphatic rings. The van der Waals surface area contributed by atoms with Gasteiger partial charge in [-0.1, -0.05) is 28.1 Å². The molecule has 0 saturated carbocycles. The maximum absolute atomic E-state index is 9.75. The lowest BCUT2D eigenvalue weighted by molar-refractivity contribution is 0.170. The summed E-state index contributed by atoms with van der Waals surface area (Å²) >= 11 is 3.34. The van der Waals surface area contributed by atoms with Crippen LogP contribution in [0.5, 0.6) is 0 Å². The van der Waals surface area contributed by atoms with Crippen LogP contribution in [0.2, 0.25) is 0 Å². The van der Waals surface area contributed by atoms with Gasteiger partial charge in [0, 0.05) is 10.2 Å². The third kappa shape index (κ3) is 3.60. The Bertz CT molecular complexity index is 308. The molecule has 0 saturated heterocycles. The zero-order chi connectivity index (χ0) is 10.6. The summed E-state index contributed by atoms with van der Waals surface area (Å²) in [7, 11) is 0. The first kappa shape index (κ1) is 11.4. The fourth-order valence-electron chi connectivity index (χ4n) is 1.20. The van der Waals surface area contributed by atoms with Crippen LogP contribution < -0.4 is 0 Å². The van der Waals surface area contributed by atoms with E-state index in [9.17, 15) is 5.11 Å². The lowest BCUT2D eigenvalue weighted by Crippen LogP contribution is -2.00. The van der Waals surface area contributed by atoms with Crippen molar-refractivity contribution in [2.75, 3.05) is 0 Å². The minimum atomic E-state index is -0.455. The summed E-state index contributed by atoms with van der Waals surface area (Å²) < 4.78 is 1.01. The van der Waals surface area contributed by atoms with Gasteiger partial charge in [-0.25, -0.2) is 0 Å². The van der Waals surface area contributed by atoms with E-state index in [1.807, 2.05) is 24.3 Å². The highest BCUT2D eigenvalue weighted by atomic mass is 75.9. The van der Waals surface area contributed by atoms with Gasteiger partial charge in [-0.05, 0) is 37.5 Å². The van der Waals surface area contributed by atoms with Crippen molar-refractivity contribution in [1.82, 2.24) is 0 Å². The summed E-state index contributed by atoms with van der Waals surface area (Å²) in [4.78, 5) is 0. The average Bonchev–Trinajstić information content (AvgIpc) is 2.15. The second kappa shape index (κ2) is 5.27. The molecule has 0 amide bonds. The van der Waals surface area contributed by atoms with E-state index in [4.69, 9.17) is 5.41 Å². The minimum Gasteiger partial charge on any atom is -0.388 e. The van der Waals surface area contributed by atoms with E-state index < -0.39 is 6.10 Å². The molecule has 1 atom stereocenters. The Morgan fingerprint density at radius 3 is 2.50 bits per heavy atom. The lowest BCUT2D eigenvalue weighted by atomic mass is 10.0. The van der Waals surface area contributed by atoms with Gasteiger partial charge in [0.1, 0.15) is 0 Å². The van der Waals surface area contributed by atoms with E-state index in [0.29, 0.717) is 18.6 Å². The van der Waals surface area contributed by atoms with Gasteiger partial charge in [0.05, 0.1) is 6.10 Å². The minimum absolute atomic E-state index is 0.455. The van der Waals surface area contributed by atoms with Crippen LogP contribution in [-0.4, -0.2) is 10.8 Å². The van der Waals surface area contributed by atoms with E-state index in [-0.39, 0.29) is 0 Å². The van der Waals surface area contributed by atoms with Gasteiger partial charge in [0.25, 0.3) is 0 Å². The van der Waals surface area contributed by atoms with Crippen molar-refractivity contribution in [2.45, 2.75) is 25.9 Å². The maximum Gasteiger partial charge on any atom is 0.0793 e. The Morgan fingerprint density at radius 1 is 1.43 bits per heavy atom. The number of benzene rings is 1. The van der Waals surface area contributed by atoms with E-state index in [1.165, 1.54) is 0 Å². The Labute approximate surface area is 92.6 Å². The number of halogens is 1. The molecule has 2 nitrogen and oxygen atoms in total. The first-order valence-electron chi connectivity index (χ1n) is 4.57. The molecule has 0 spiro atoms. The molecular weight excluding hydrogens is 238 g/mol. The Kier molecular flexibility index (Phi) is 4.29. The predicted octanol–water partition coefficient (Wildman–Crippen LogP) is 3.30. The highest BCUT2D eigenvalue weighted by molar-refractivity contribution is 9.10. The fraction of sp³-hybridized carbons (Fsp3) is 0.364. The van der Waals surface area contributed by atoms with Crippen LogP contribution in [0.25, 0.3) is 0 Å². The van der Waals surface area contributed by atoms with Crippen molar-refractivity contribution in [1.29, 1.82) is 5.41 Å². The number of aliphatic hydroxyl groups is 1. The Morgan fingerprint density at radius 2 is 2.00 bits per heavy atom.